The fourth-order valence-electron chi connectivity index (χ4n) is 9.67. The van der Waals surface area contributed by atoms with E-state index < -0.39 is 0 Å². The Labute approximate surface area is 214 Å². The molecule has 5 aliphatic rings. The van der Waals surface area contributed by atoms with E-state index in [1.165, 1.54) is 109 Å². The molecular formula is C34H60. The highest BCUT2D eigenvalue weighted by atomic mass is 14.6. The molecule has 0 bridgehead atoms. The van der Waals surface area contributed by atoms with Gasteiger partial charge in [-0.2, -0.15) is 0 Å². The Bertz CT molecular complexity index is 664. The number of hydrogen-bond donors (Lipinski definition) is 0. The predicted molar refractivity (Wildman–Crippen MR) is 150 cm³/mol. The summed E-state index contributed by atoms with van der Waals surface area (Å²) >= 11 is 0. The van der Waals surface area contributed by atoms with Crippen molar-refractivity contribution in [3.8, 4) is 0 Å². The summed E-state index contributed by atoms with van der Waals surface area (Å²) < 4.78 is 0. The van der Waals surface area contributed by atoms with E-state index in [1.54, 1.807) is 0 Å². The Balaban J connectivity index is 0.000000620. The summed E-state index contributed by atoms with van der Waals surface area (Å²) in [4.78, 5) is 0. The Morgan fingerprint density at radius 1 is 0.882 bits per heavy atom. The van der Waals surface area contributed by atoms with E-state index in [0.717, 1.165) is 41.4 Å². The van der Waals surface area contributed by atoms with Crippen LogP contribution >= 0.6 is 0 Å². The number of allylic oxidation sites excluding steroid dienone is 2. The van der Waals surface area contributed by atoms with Gasteiger partial charge in [0.15, 0.2) is 0 Å². The number of hydrogen-bond acceptors (Lipinski definition) is 0. The summed E-state index contributed by atoms with van der Waals surface area (Å²) in [5.41, 5.74) is 3.09. The van der Waals surface area contributed by atoms with Crippen LogP contribution in [0.4, 0.5) is 0 Å². The Morgan fingerprint density at radius 3 is 2.26 bits per heavy atom. The normalized spacial score (nSPS) is 41.9. The van der Waals surface area contributed by atoms with E-state index in [4.69, 9.17) is 0 Å². The molecule has 0 nitrogen and oxygen atoms in total. The third-order valence-corrected chi connectivity index (χ3v) is 12.1. The fraction of sp³-hybridized carbons (Fsp3) is 0.941. The highest BCUT2D eigenvalue weighted by Gasteiger charge is 2.59. The van der Waals surface area contributed by atoms with Gasteiger partial charge in [0.25, 0.3) is 0 Å². The third-order valence-electron chi connectivity index (χ3n) is 12.1. The van der Waals surface area contributed by atoms with Crippen LogP contribution in [0.3, 0.4) is 0 Å². The van der Waals surface area contributed by atoms with Crippen LogP contribution in [0.1, 0.15) is 151 Å². The molecule has 196 valence electrons. The molecule has 5 rings (SSSR count). The van der Waals surface area contributed by atoms with Gasteiger partial charge in [0.05, 0.1) is 0 Å². The largest absolute Gasteiger partial charge is 0.0845 e. The fourth-order valence-corrected chi connectivity index (χ4v) is 9.67. The van der Waals surface area contributed by atoms with Gasteiger partial charge >= 0.3 is 0 Å². The summed E-state index contributed by atoms with van der Waals surface area (Å²) in [5.74, 6) is 6.79. The molecule has 4 saturated carbocycles. The van der Waals surface area contributed by atoms with Crippen LogP contribution in [-0.4, -0.2) is 0 Å². The van der Waals surface area contributed by atoms with Gasteiger partial charge in [0.1, 0.15) is 0 Å². The van der Waals surface area contributed by atoms with Crippen molar-refractivity contribution in [2.45, 2.75) is 151 Å². The van der Waals surface area contributed by atoms with Gasteiger partial charge in [-0.3, -0.25) is 0 Å². The van der Waals surface area contributed by atoms with Gasteiger partial charge in [-0.15, -0.1) is 0 Å². The molecule has 0 heterocycles. The Morgan fingerprint density at radius 2 is 1.62 bits per heavy atom. The smallest absolute Gasteiger partial charge is 0.00851 e. The zero-order valence-electron chi connectivity index (χ0n) is 24.1. The monoisotopic (exact) mass is 468 g/mol. The first-order valence-electron chi connectivity index (χ1n) is 16.0. The molecule has 0 aliphatic heterocycles. The molecule has 5 aliphatic carbocycles. The van der Waals surface area contributed by atoms with E-state index in [2.05, 4.69) is 47.6 Å². The number of rotatable bonds is 7. The summed E-state index contributed by atoms with van der Waals surface area (Å²) in [7, 11) is 0. The summed E-state index contributed by atoms with van der Waals surface area (Å²) in [6, 6.07) is 0. The highest BCUT2D eigenvalue weighted by Crippen LogP contribution is 2.67. The molecule has 0 radical (unpaired) electrons. The molecule has 34 heavy (non-hydrogen) atoms. The standard InChI is InChI=1S/C30H52.C4H8/c1-7-9-23-16-18-29(5)24(20-23)12-13-25-27-15-14-26(22(4)11-8-10-21(2)3)30(27,6)19-17-28(25)29;1-2-4-3-1/h12,21-23,25-28H,7-11,13-20H2,1-6H3;1-4H2/t22-,23+,25+,26?,27+,28?,29?,30?;/m1./s1. The van der Waals surface area contributed by atoms with Crippen LogP contribution in [0, 0.1) is 52.3 Å². The minimum atomic E-state index is 0.551. The van der Waals surface area contributed by atoms with Gasteiger partial charge in [-0.1, -0.05) is 111 Å². The van der Waals surface area contributed by atoms with Gasteiger partial charge in [-0.25, -0.2) is 0 Å². The lowest BCUT2D eigenvalue weighted by atomic mass is 9.46. The van der Waals surface area contributed by atoms with E-state index in [-0.39, 0.29) is 0 Å². The van der Waals surface area contributed by atoms with E-state index in [1.807, 2.05) is 5.57 Å². The summed E-state index contributed by atoms with van der Waals surface area (Å²) in [6.07, 6.45) is 27.9. The predicted octanol–water partition coefficient (Wildman–Crippen LogP) is 11.0. The van der Waals surface area contributed by atoms with Gasteiger partial charge in [-0.05, 0) is 104 Å². The number of fused-ring (bicyclic) bond motifs is 5. The van der Waals surface area contributed by atoms with Crippen LogP contribution in [0.15, 0.2) is 11.6 Å². The molecule has 0 aromatic heterocycles. The van der Waals surface area contributed by atoms with Crippen LogP contribution in [0.2, 0.25) is 0 Å². The lowest BCUT2D eigenvalue weighted by molar-refractivity contribution is -0.0529. The lowest BCUT2D eigenvalue weighted by Crippen LogP contribution is -2.50. The molecule has 0 N–H and O–H groups in total. The average molecular weight is 469 g/mol. The maximum absolute atomic E-state index is 2.79. The average Bonchev–Trinajstić information content (AvgIpc) is 3.10. The van der Waals surface area contributed by atoms with Crippen molar-refractivity contribution >= 4 is 0 Å². The van der Waals surface area contributed by atoms with Crippen molar-refractivity contribution in [3.63, 3.8) is 0 Å². The van der Waals surface area contributed by atoms with Crippen LogP contribution in [-0.2, 0) is 0 Å². The molecule has 0 heteroatoms. The Hall–Kier alpha value is -0.260. The molecule has 8 atom stereocenters. The van der Waals surface area contributed by atoms with Gasteiger partial charge < -0.3 is 0 Å². The van der Waals surface area contributed by atoms with Gasteiger partial charge in [0, 0.05) is 0 Å². The maximum Gasteiger partial charge on any atom is -0.00851 e. The minimum absolute atomic E-state index is 0.551. The topological polar surface area (TPSA) is 0 Å². The lowest BCUT2D eigenvalue weighted by Gasteiger charge is -2.58. The van der Waals surface area contributed by atoms with Gasteiger partial charge in [0.2, 0.25) is 0 Å². The van der Waals surface area contributed by atoms with E-state index >= 15 is 0 Å². The van der Waals surface area contributed by atoms with Crippen molar-refractivity contribution in [2.75, 3.05) is 0 Å². The zero-order valence-corrected chi connectivity index (χ0v) is 24.1. The molecule has 4 fully saturated rings. The minimum Gasteiger partial charge on any atom is -0.0845 e. The van der Waals surface area contributed by atoms with Crippen LogP contribution < -0.4 is 0 Å². The van der Waals surface area contributed by atoms with Crippen molar-refractivity contribution in [2.24, 2.45) is 52.3 Å². The molecule has 0 aromatic carbocycles. The zero-order chi connectivity index (χ0) is 24.3. The summed E-state index contributed by atoms with van der Waals surface area (Å²) in [6.45, 7) is 15.2. The molecule has 4 unspecified atom stereocenters. The second kappa shape index (κ2) is 11.4. The first-order chi connectivity index (χ1) is 16.3. The molecule has 0 spiro atoms. The van der Waals surface area contributed by atoms with E-state index in [9.17, 15) is 0 Å². The first-order valence-corrected chi connectivity index (χ1v) is 16.0. The van der Waals surface area contributed by atoms with Crippen LogP contribution in [0.25, 0.3) is 0 Å². The molecule has 0 saturated heterocycles. The highest BCUT2D eigenvalue weighted by molar-refractivity contribution is 5.25. The Kier molecular flexibility index (Phi) is 9.00. The maximum atomic E-state index is 2.79. The molecule has 0 aromatic rings. The van der Waals surface area contributed by atoms with Crippen molar-refractivity contribution in [1.82, 2.24) is 0 Å². The second-order valence-electron chi connectivity index (χ2n) is 14.6. The third kappa shape index (κ3) is 5.37. The first kappa shape index (κ1) is 26.8. The summed E-state index contributed by atoms with van der Waals surface area (Å²) in [5, 5.41) is 0. The van der Waals surface area contributed by atoms with Crippen molar-refractivity contribution in [1.29, 1.82) is 0 Å². The molecular weight excluding hydrogens is 408 g/mol. The van der Waals surface area contributed by atoms with E-state index in [0.29, 0.717) is 10.8 Å². The molecule has 0 amide bonds. The quantitative estimate of drug-likeness (QED) is 0.326. The second-order valence-corrected chi connectivity index (χ2v) is 14.6. The van der Waals surface area contributed by atoms with Crippen LogP contribution in [0.5, 0.6) is 0 Å². The van der Waals surface area contributed by atoms with Crippen molar-refractivity contribution < 1.29 is 0 Å². The van der Waals surface area contributed by atoms with Crippen molar-refractivity contribution in [3.05, 3.63) is 11.6 Å². The SMILES string of the molecule is C1CCC1.CCC[C@H]1CCC2(C)C(=CC[C@@H]3C2CCC2(C)C([C@H](C)CCCC(C)C)CC[C@@H]32)C1.